The predicted molar refractivity (Wildman–Crippen MR) is 72.8 cm³/mol. The maximum absolute atomic E-state index is 5.65. The Morgan fingerprint density at radius 3 is 3.00 bits per heavy atom. The van der Waals surface area contributed by atoms with Gasteiger partial charge in [-0.05, 0) is 19.1 Å². The minimum Gasteiger partial charge on any atom is -0.461 e. The van der Waals surface area contributed by atoms with Crippen LogP contribution in [0.4, 0.5) is 5.13 Å². The van der Waals surface area contributed by atoms with Crippen LogP contribution in [0, 0.1) is 6.92 Å². The van der Waals surface area contributed by atoms with Crippen molar-refractivity contribution in [3.8, 4) is 11.6 Å². The van der Waals surface area contributed by atoms with Crippen molar-refractivity contribution in [1.29, 1.82) is 0 Å². The van der Waals surface area contributed by atoms with E-state index in [-0.39, 0.29) is 0 Å². The molecule has 8 heteroatoms. The van der Waals surface area contributed by atoms with Crippen LogP contribution in [0.15, 0.2) is 31.5 Å². The van der Waals surface area contributed by atoms with Crippen LogP contribution in [0.2, 0.25) is 0 Å². The number of furan rings is 1. The topological polar surface area (TPSA) is 91.0 Å². The van der Waals surface area contributed by atoms with Crippen LogP contribution in [-0.4, -0.2) is 15.1 Å². The summed E-state index contributed by atoms with van der Waals surface area (Å²) in [6, 6.07) is 3.57. The first-order chi connectivity index (χ1) is 9.22. The monoisotopic (exact) mass is 294 g/mol. The van der Waals surface area contributed by atoms with Crippen molar-refractivity contribution in [2.75, 3.05) is 5.73 Å². The van der Waals surface area contributed by atoms with Gasteiger partial charge in [-0.3, -0.25) is 0 Å². The van der Waals surface area contributed by atoms with Crippen molar-refractivity contribution in [2.24, 2.45) is 0 Å². The van der Waals surface area contributed by atoms with E-state index in [9.17, 15) is 0 Å². The van der Waals surface area contributed by atoms with Crippen molar-refractivity contribution in [2.45, 2.75) is 16.9 Å². The molecule has 0 atom stereocenters. The lowest BCUT2D eigenvalue weighted by Gasteiger charge is -1.93. The highest BCUT2D eigenvalue weighted by atomic mass is 32.2. The second-order valence-corrected chi connectivity index (χ2v) is 5.98. The number of nitrogens with two attached hydrogens (primary N) is 1. The molecular weight excluding hydrogens is 284 g/mol. The third-order valence-electron chi connectivity index (χ3n) is 2.31. The molecule has 0 aliphatic heterocycles. The zero-order chi connectivity index (χ0) is 13.2. The molecule has 0 amide bonds. The zero-order valence-corrected chi connectivity index (χ0v) is 11.6. The van der Waals surface area contributed by atoms with E-state index < -0.39 is 0 Å². The van der Waals surface area contributed by atoms with Gasteiger partial charge in [0.2, 0.25) is 11.7 Å². The van der Waals surface area contributed by atoms with Crippen LogP contribution in [-0.2, 0) is 5.75 Å². The average Bonchev–Trinajstić information content (AvgIpc) is 3.07. The Hall–Kier alpha value is -1.80. The molecule has 6 nitrogen and oxygen atoms in total. The lowest BCUT2D eigenvalue weighted by Crippen LogP contribution is -1.82. The molecule has 0 saturated carbocycles. The maximum Gasteiger partial charge on any atom is 0.238 e. The fourth-order valence-corrected chi connectivity index (χ4v) is 3.34. The van der Waals surface area contributed by atoms with Crippen molar-refractivity contribution in [3.05, 3.63) is 30.0 Å². The molecule has 0 spiro atoms. The Morgan fingerprint density at radius 1 is 1.42 bits per heavy atom. The lowest BCUT2D eigenvalue weighted by atomic mass is 10.4. The molecule has 2 N–H and O–H groups in total. The summed E-state index contributed by atoms with van der Waals surface area (Å²) in [7, 11) is 0. The Balaban J connectivity index is 1.69. The van der Waals surface area contributed by atoms with Gasteiger partial charge in [0.1, 0.15) is 0 Å². The lowest BCUT2D eigenvalue weighted by molar-refractivity contribution is 0.390. The molecule has 0 fully saturated rings. The molecule has 98 valence electrons. The summed E-state index contributed by atoms with van der Waals surface area (Å²) in [6.45, 7) is 1.93. The minimum absolute atomic E-state index is 0.459. The van der Waals surface area contributed by atoms with Gasteiger partial charge >= 0.3 is 0 Å². The number of rotatable bonds is 4. The number of nitrogen functional groups attached to an aromatic ring is 1. The fourth-order valence-electron chi connectivity index (χ4n) is 1.48. The second-order valence-electron chi connectivity index (χ2n) is 3.70. The highest BCUT2D eigenvalue weighted by Gasteiger charge is 2.12. The Labute approximate surface area is 117 Å². The summed E-state index contributed by atoms with van der Waals surface area (Å²) < 4.78 is 11.4. The number of thiazole rings is 1. The van der Waals surface area contributed by atoms with Gasteiger partial charge in [-0.25, -0.2) is 4.98 Å². The summed E-state index contributed by atoms with van der Waals surface area (Å²) in [5.74, 6) is 2.18. The fraction of sp³-hybridized carbons (Fsp3) is 0.182. The minimum atomic E-state index is 0.459. The van der Waals surface area contributed by atoms with Gasteiger partial charge in [-0.15, -0.1) is 11.8 Å². The van der Waals surface area contributed by atoms with E-state index in [0.29, 0.717) is 28.4 Å². The van der Waals surface area contributed by atoms with Crippen LogP contribution >= 0.6 is 23.1 Å². The highest BCUT2D eigenvalue weighted by molar-refractivity contribution is 8.00. The number of thioether (sulfide) groups is 1. The van der Waals surface area contributed by atoms with E-state index in [4.69, 9.17) is 14.7 Å². The summed E-state index contributed by atoms with van der Waals surface area (Å²) in [6.07, 6.45) is 1.57. The van der Waals surface area contributed by atoms with E-state index in [1.54, 1.807) is 30.2 Å². The molecule has 0 unspecified atom stereocenters. The summed E-state index contributed by atoms with van der Waals surface area (Å²) in [5.41, 5.74) is 6.58. The van der Waals surface area contributed by atoms with Crippen molar-refractivity contribution < 1.29 is 8.94 Å². The van der Waals surface area contributed by atoms with Crippen LogP contribution in [0.1, 0.15) is 11.6 Å². The van der Waals surface area contributed by atoms with E-state index >= 15 is 0 Å². The molecule has 3 heterocycles. The molecule has 0 aliphatic rings. The molecule has 0 saturated heterocycles. The largest absolute Gasteiger partial charge is 0.461 e. The van der Waals surface area contributed by atoms with Crippen LogP contribution in [0.3, 0.4) is 0 Å². The Bertz CT molecular complexity index is 675. The smallest absolute Gasteiger partial charge is 0.238 e. The van der Waals surface area contributed by atoms with Crippen molar-refractivity contribution in [3.63, 3.8) is 0 Å². The van der Waals surface area contributed by atoms with Crippen LogP contribution in [0.5, 0.6) is 0 Å². The molecular formula is C11H10N4O2S2. The Kier molecular flexibility index (Phi) is 3.26. The van der Waals surface area contributed by atoms with Gasteiger partial charge in [-0.2, -0.15) is 4.98 Å². The number of aryl methyl sites for hydroxylation is 1. The van der Waals surface area contributed by atoms with E-state index in [1.807, 2.05) is 6.92 Å². The van der Waals surface area contributed by atoms with Crippen LogP contribution in [0.25, 0.3) is 11.6 Å². The number of anilines is 1. The van der Waals surface area contributed by atoms with Gasteiger partial charge in [0, 0.05) is 0 Å². The molecule has 19 heavy (non-hydrogen) atoms. The highest BCUT2D eigenvalue weighted by Crippen LogP contribution is 2.32. The van der Waals surface area contributed by atoms with E-state index in [1.165, 1.54) is 11.3 Å². The zero-order valence-electron chi connectivity index (χ0n) is 9.99. The van der Waals surface area contributed by atoms with E-state index in [2.05, 4.69) is 15.1 Å². The van der Waals surface area contributed by atoms with E-state index in [0.717, 1.165) is 9.90 Å². The third-order valence-corrected chi connectivity index (χ3v) is 4.64. The predicted octanol–water partition coefficient (Wildman–Crippen LogP) is 2.97. The summed E-state index contributed by atoms with van der Waals surface area (Å²) in [4.78, 5) is 8.43. The molecule has 0 radical (unpaired) electrons. The SMILES string of the molecule is Cc1nc(N)sc1SCc1nc(-c2ccco2)no1. The first-order valence-corrected chi connectivity index (χ1v) is 7.25. The molecule has 3 rings (SSSR count). The number of hydrogen-bond acceptors (Lipinski definition) is 8. The van der Waals surface area contributed by atoms with Gasteiger partial charge in [-0.1, -0.05) is 16.5 Å². The summed E-state index contributed by atoms with van der Waals surface area (Å²) >= 11 is 3.04. The van der Waals surface area contributed by atoms with Gasteiger partial charge in [0.15, 0.2) is 10.9 Å². The second kappa shape index (κ2) is 5.06. The number of aromatic nitrogens is 3. The standard InChI is InChI=1S/C11H10N4O2S2/c1-6-10(19-11(12)13-6)18-5-8-14-9(15-17-8)7-3-2-4-16-7/h2-4H,5H2,1H3,(H2,12,13). The molecule has 0 aliphatic carbocycles. The van der Waals surface area contributed by atoms with Gasteiger partial charge in [0.25, 0.3) is 0 Å². The Morgan fingerprint density at radius 2 is 2.32 bits per heavy atom. The average molecular weight is 294 g/mol. The number of nitrogens with zero attached hydrogens (tertiary/aromatic N) is 3. The number of hydrogen-bond donors (Lipinski definition) is 1. The summed E-state index contributed by atoms with van der Waals surface area (Å²) in [5, 5.41) is 4.44. The molecule has 0 aromatic carbocycles. The quantitative estimate of drug-likeness (QED) is 0.739. The van der Waals surface area contributed by atoms with Gasteiger partial charge < -0.3 is 14.7 Å². The molecule has 3 aromatic rings. The normalized spacial score (nSPS) is 11.0. The molecule has 3 aromatic heterocycles. The third kappa shape index (κ3) is 2.64. The van der Waals surface area contributed by atoms with Crippen molar-refractivity contribution >= 4 is 28.2 Å². The van der Waals surface area contributed by atoms with Crippen molar-refractivity contribution in [1.82, 2.24) is 15.1 Å². The first-order valence-electron chi connectivity index (χ1n) is 5.44. The van der Waals surface area contributed by atoms with Gasteiger partial charge in [0.05, 0.1) is 21.9 Å². The maximum atomic E-state index is 5.65. The molecule has 0 bridgehead atoms. The van der Waals surface area contributed by atoms with Crippen LogP contribution < -0.4 is 5.73 Å². The first kappa shape index (κ1) is 12.2.